The number of aliphatic hydroxyl groups is 1. The number of benzene rings is 1. The van der Waals surface area contributed by atoms with Gasteiger partial charge in [-0.05, 0) is 48.9 Å². The van der Waals surface area contributed by atoms with Crippen LogP contribution in [0, 0.1) is 12.8 Å². The summed E-state index contributed by atoms with van der Waals surface area (Å²) in [7, 11) is 0. The molecule has 0 aromatic heterocycles. The summed E-state index contributed by atoms with van der Waals surface area (Å²) in [5, 5.41) is 11.0. The first-order valence-corrected chi connectivity index (χ1v) is 6.67. The van der Waals surface area contributed by atoms with E-state index in [-0.39, 0.29) is 18.4 Å². The Kier molecular flexibility index (Phi) is 5.93. The molecule has 0 saturated heterocycles. The molecule has 0 aliphatic heterocycles. The Morgan fingerprint density at radius 3 is 2.50 bits per heavy atom. The number of nitrogens with two attached hydrogens (primary N) is 1. The van der Waals surface area contributed by atoms with Crippen LogP contribution in [0.15, 0.2) is 18.2 Å². The molecular formula is C14H21Cl2NO. The minimum absolute atomic E-state index is 0. The van der Waals surface area contributed by atoms with Crippen LogP contribution in [-0.2, 0) is 0 Å². The Morgan fingerprint density at radius 1 is 1.33 bits per heavy atom. The van der Waals surface area contributed by atoms with Gasteiger partial charge in [0.05, 0.1) is 12.1 Å². The molecule has 1 aliphatic rings. The third-order valence-corrected chi connectivity index (χ3v) is 4.08. The highest BCUT2D eigenvalue weighted by Crippen LogP contribution is 2.33. The van der Waals surface area contributed by atoms with Gasteiger partial charge in [-0.2, -0.15) is 0 Å². The molecule has 1 aliphatic carbocycles. The maximum Gasteiger partial charge on any atom is 0.0760 e. The summed E-state index contributed by atoms with van der Waals surface area (Å²) < 4.78 is 0. The van der Waals surface area contributed by atoms with E-state index in [1.807, 2.05) is 25.1 Å². The Balaban J connectivity index is 0.00000162. The Bertz CT molecular complexity index is 391. The third kappa shape index (κ3) is 3.39. The van der Waals surface area contributed by atoms with Crippen LogP contribution in [0.5, 0.6) is 0 Å². The molecule has 0 spiro atoms. The Labute approximate surface area is 120 Å². The van der Waals surface area contributed by atoms with Crippen molar-refractivity contribution in [2.45, 2.75) is 44.8 Å². The predicted molar refractivity (Wildman–Crippen MR) is 78.3 cm³/mol. The zero-order valence-electron chi connectivity index (χ0n) is 10.6. The quantitative estimate of drug-likeness (QED) is 0.893. The number of halogens is 2. The molecule has 18 heavy (non-hydrogen) atoms. The van der Waals surface area contributed by atoms with E-state index in [1.54, 1.807) is 0 Å². The molecule has 102 valence electrons. The smallest absolute Gasteiger partial charge is 0.0760 e. The fourth-order valence-corrected chi connectivity index (χ4v) is 3.02. The zero-order chi connectivity index (χ0) is 12.4. The molecule has 1 aromatic rings. The SMILES string of the molecule is Cc1cc(Cl)ccc1[C@H](N)[C@H](O)C1CCCC1.Cl. The van der Waals surface area contributed by atoms with Crippen molar-refractivity contribution in [3.05, 3.63) is 34.3 Å². The molecule has 2 rings (SSSR count). The summed E-state index contributed by atoms with van der Waals surface area (Å²) in [4.78, 5) is 0. The van der Waals surface area contributed by atoms with Crippen molar-refractivity contribution in [1.29, 1.82) is 0 Å². The van der Waals surface area contributed by atoms with E-state index in [0.29, 0.717) is 10.9 Å². The topological polar surface area (TPSA) is 46.2 Å². The van der Waals surface area contributed by atoms with E-state index in [2.05, 4.69) is 0 Å². The van der Waals surface area contributed by atoms with Crippen molar-refractivity contribution >= 4 is 24.0 Å². The molecule has 0 unspecified atom stereocenters. The van der Waals surface area contributed by atoms with Crippen LogP contribution in [0.1, 0.15) is 42.9 Å². The summed E-state index contributed by atoms with van der Waals surface area (Å²) in [5.74, 6) is 0.361. The van der Waals surface area contributed by atoms with Gasteiger partial charge in [-0.3, -0.25) is 0 Å². The number of aryl methyl sites for hydroxylation is 1. The van der Waals surface area contributed by atoms with E-state index in [1.165, 1.54) is 12.8 Å². The second-order valence-electron chi connectivity index (χ2n) is 5.06. The zero-order valence-corrected chi connectivity index (χ0v) is 12.2. The first-order valence-electron chi connectivity index (χ1n) is 6.29. The molecule has 1 fully saturated rings. The minimum Gasteiger partial charge on any atom is -0.391 e. The molecule has 0 heterocycles. The number of hydrogen-bond acceptors (Lipinski definition) is 2. The number of aliphatic hydroxyl groups excluding tert-OH is 1. The van der Waals surface area contributed by atoms with Gasteiger partial charge in [0, 0.05) is 5.02 Å². The molecule has 2 nitrogen and oxygen atoms in total. The second-order valence-corrected chi connectivity index (χ2v) is 5.50. The van der Waals surface area contributed by atoms with Gasteiger partial charge in [0.2, 0.25) is 0 Å². The van der Waals surface area contributed by atoms with Crippen LogP contribution >= 0.6 is 24.0 Å². The van der Waals surface area contributed by atoms with Gasteiger partial charge in [0.1, 0.15) is 0 Å². The summed E-state index contributed by atoms with van der Waals surface area (Å²) in [5.41, 5.74) is 8.24. The fraction of sp³-hybridized carbons (Fsp3) is 0.571. The van der Waals surface area contributed by atoms with Crippen molar-refractivity contribution in [3.8, 4) is 0 Å². The summed E-state index contributed by atoms with van der Waals surface area (Å²) >= 11 is 5.93. The molecule has 0 amide bonds. The van der Waals surface area contributed by atoms with Crippen molar-refractivity contribution in [1.82, 2.24) is 0 Å². The van der Waals surface area contributed by atoms with Crippen LogP contribution in [0.3, 0.4) is 0 Å². The first-order chi connectivity index (χ1) is 8.09. The van der Waals surface area contributed by atoms with Gasteiger partial charge in [-0.15, -0.1) is 12.4 Å². The molecule has 1 saturated carbocycles. The minimum atomic E-state index is -0.433. The first kappa shape index (κ1) is 15.8. The Morgan fingerprint density at radius 2 is 1.94 bits per heavy atom. The predicted octanol–water partition coefficient (Wildman–Crippen LogP) is 3.62. The van der Waals surface area contributed by atoms with Gasteiger partial charge < -0.3 is 10.8 Å². The van der Waals surface area contributed by atoms with Crippen molar-refractivity contribution in [3.63, 3.8) is 0 Å². The van der Waals surface area contributed by atoms with Crippen LogP contribution in [0.4, 0.5) is 0 Å². The van der Waals surface area contributed by atoms with Crippen LogP contribution in [-0.4, -0.2) is 11.2 Å². The summed E-state index contributed by atoms with van der Waals surface area (Å²) in [6.07, 6.45) is 4.20. The van der Waals surface area contributed by atoms with E-state index in [4.69, 9.17) is 17.3 Å². The maximum absolute atomic E-state index is 10.3. The molecule has 0 bridgehead atoms. The lowest BCUT2D eigenvalue weighted by Gasteiger charge is -2.25. The largest absolute Gasteiger partial charge is 0.391 e. The van der Waals surface area contributed by atoms with Crippen LogP contribution < -0.4 is 5.73 Å². The molecule has 3 N–H and O–H groups in total. The maximum atomic E-state index is 10.3. The lowest BCUT2D eigenvalue weighted by molar-refractivity contribution is 0.0843. The van der Waals surface area contributed by atoms with Gasteiger partial charge >= 0.3 is 0 Å². The van der Waals surface area contributed by atoms with Gasteiger partial charge in [0.25, 0.3) is 0 Å². The molecule has 4 heteroatoms. The molecule has 1 aromatic carbocycles. The van der Waals surface area contributed by atoms with Gasteiger partial charge in [0.15, 0.2) is 0 Å². The Hall–Kier alpha value is -0.280. The summed E-state index contributed by atoms with van der Waals surface area (Å²) in [6, 6.07) is 5.37. The van der Waals surface area contributed by atoms with E-state index in [0.717, 1.165) is 24.0 Å². The lowest BCUT2D eigenvalue weighted by Crippen LogP contribution is -2.32. The summed E-state index contributed by atoms with van der Waals surface area (Å²) in [6.45, 7) is 1.99. The highest BCUT2D eigenvalue weighted by Gasteiger charge is 2.29. The molecule has 2 atom stereocenters. The standard InChI is InChI=1S/C14H20ClNO.ClH/c1-9-8-11(15)6-7-12(9)13(16)14(17)10-4-2-3-5-10;/h6-8,10,13-14,17H,2-5,16H2,1H3;1H/t13-,14+;/m0./s1. The van der Waals surface area contributed by atoms with Crippen molar-refractivity contribution < 1.29 is 5.11 Å². The van der Waals surface area contributed by atoms with E-state index >= 15 is 0 Å². The second kappa shape index (κ2) is 6.76. The molecular weight excluding hydrogens is 269 g/mol. The third-order valence-electron chi connectivity index (χ3n) is 3.84. The van der Waals surface area contributed by atoms with Crippen molar-refractivity contribution in [2.75, 3.05) is 0 Å². The molecule has 0 radical (unpaired) electrons. The van der Waals surface area contributed by atoms with Crippen LogP contribution in [0.25, 0.3) is 0 Å². The van der Waals surface area contributed by atoms with Crippen LogP contribution in [0.2, 0.25) is 5.02 Å². The van der Waals surface area contributed by atoms with E-state index in [9.17, 15) is 5.11 Å². The highest BCUT2D eigenvalue weighted by molar-refractivity contribution is 6.30. The monoisotopic (exact) mass is 289 g/mol. The van der Waals surface area contributed by atoms with Gasteiger partial charge in [-0.1, -0.05) is 30.5 Å². The average molecular weight is 290 g/mol. The van der Waals surface area contributed by atoms with Crippen molar-refractivity contribution in [2.24, 2.45) is 11.7 Å². The normalized spacial score (nSPS) is 19.3. The number of hydrogen-bond donors (Lipinski definition) is 2. The van der Waals surface area contributed by atoms with E-state index < -0.39 is 6.10 Å². The average Bonchev–Trinajstić information content (AvgIpc) is 2.80. The lowest BCUT2D eigenvalue weighted by atomic mass is 9.89. The van der Waals surface area contributed by atoms with Gasteiger partial charge in [-0.25, -0.2) is 0 Å². The number of rotatable bonds is 3. The highest BCUT2D eigenvalue weighted by atomic mass is 35.5. The fourth-order valence-electron chi connectivity index (χ4n) is 2.79.